The number of carbonyl (C=O) groups is 1. The van der Waals surface area contributed by atoms with E-state index in [1.54, 1.807) is 41.9 Å². The quantitative estimate of drug-likeness (QED) is 0.342. The van der Waals surface area contributed by atoms with E-state index < -0.39 is 6.04 Å². The molecule has 0 bridgehead atoms. The Labute approximate surface area is 216 Å². The molecule has 0 saturated heterocycles. The molecule has 1 aromatic heterocycles. The van der Waals surface area contributed by atoms with Crippen molar-refractivity contribution in [3.8, 4) is 11.4 Å². The highest BCUT2D eigenvalue weighted by atomic mass is 16.5. The first kappa shape index (κ1) is 25.9. The van der Waals surface area contributed by atoms with E-state index in [-0.39, 0.29) is 11.6 Å². The zero-order chi connectivity index (χ0) is 26.4. The van der Waals surface area contributed by atoms with Crippen LogP contribution in [0.15, 0.2) is 77.6 Å². The monoisotopic (exact) mass is 500 g/mol. The van der Waals surface area contributed by atoms with Gasteiger partial charge in [0.2, 0.25) is 0 Å². The largest absolute Gasteiger partial charge is 0.497 e. The van der Waals surface area contributed by atoms with Crippen LogP contribution in [0.4, 0.5) is 10.5 Å². The van der Waals surface area contributed by atoms with E-state index >= 15 is 0 Å². The predicted molar refractivity (Wildman–Crippen MR) is 146 cm³/mol. The fraction of sp³-hybridized carbons (Fsp3) is 0.276. The maximum atomic E-state index is 13.9. The van der Waals surface area contributed by atoms with Gasteiger partial charge in [-0.05, 0) is 49.2 Å². The number of para-hydroxylation sites is 2. The molecule has 0 radical (unpaired) electrons. The number of rotatable bonds is 9. The summed E-state index contributed by atoms with van der Waals surface area (Å²) in [4.78, 5) is 34.0. The number of ether oxygens (including phenoxy) is 2. The molecular weight excluding hydrogens is 468 g/mol. The molecule has 1 heterocycles. The second-order valence-corrected chi connectivity index (χ2v) is 8.63. The molecule has 37 heavy (non-hydrogen) atoms. The van der Waals surface area contributed by atoms with Gasteiger partial charge in [-0.1, -0.05) is 43.3 Å². The number of hydrogen-bond donors (Lipinski definition) is 1. The number of urea groups is 1. The van der Waals surface area contributed by atoms with Crippen molar-refractivity contribution in [3.05, 3.63) is 94.5 Å². The summed E-state index contributed by atoms with van der Waals surface area (Å²) in [6.07, 6.45) is 0.743. The van der Waals surface area contributed by atoms with Crippen molar-refractivity contribution in [2.24, 2.45) is 0 Å². The topological polar surface area (TPSA) is 85.7 Å². The van der Waals surface area contributed by atoms with Crippen LogP contribution in [0.3, 0.4) is 0 Å². The summed E-state index contributed by atoms with van der Waals surface area (Å²) in [5, 5.41) is 3.47. The minimum absolute atomic E-state index is 0.173. The van der Waals surface area contributed by atoms with Crippen LogP contribution >= 0.6 is 0 Å². The van der Waals surface area contributed by atoms with E-state index in [4.69, 9.17) is 14.5 Å². The highest BCUT2D eigenvalue weighted by molar-refractivity contribution is 5.90. The van der Waals surface area contributed by atoms with Gasteiger partial charge >= 0.3 is 6.03 Å². The SMILES string of the molecule is CCc1ccccc1-n1c(C(C)N(CCOC)C(=O)Nc2cccc(OC)c2)nc2ccccc2c1=O. The molecule has 0 fully saturated rings. The molecule has 2 amide bonds. The molecule has 1 atom stereocenters. The normalized spacial score (nSPS) is 11.8. The van der Waals surface area contributed by atoms with Gasteiger partial charge in [0, 0.05) is 25.4 Å². The minimum Gasteiger partial charge on any atom is -0.497 e. The van der Waals surface area contributed by atoms with Crippen LogP contribution in [0.2, 0.25) is 0 Å². The van der Waals surface area contributed by atoms with Gasteiger partial charge in [0.05, 0.1) is 36.3 Å². The van der Waals surface area contributed by atoms with Crippen molar-refractivity contribution in [3.63, 3.8) is 0 Å². The second-order valence-electron chi connectivity index (χ2n) is 8.63. The summed E-state index contributed by atoms with van der Waals surface area (Å²) in [6.45, 7) is 4.54. The number of benzene rings is 3. The Balaban J connectivity index is 1.84. The molecule has 0 aliphatic rings. The third kappa shape index (κ3) is 5.49. The van der Waals surface area contributed by atoms with E-state index in [9.17, 15) is 9.59 Å². The third-order valence-corrected chi connectivity index (χ3v) is 6.37. The molecule has 0 aliphatic carbocycles. The van der Waals surface area contributed by atoms with Gasteiger partial charge in [0.1, 0.15) is 11.6 Å². The molecule has 3 aromatic carbocycles. The zero-order valence-corrected chi connectivity index (χ0v) is 21.6. The van der Waals surface area contributed by atoms with Gasteiger partial charge < -0.3 is 19.7 Å². The van der Waals surface area contributed by atoms with E-state index in [0.29, 0.717) is 41.3 Å². The number of nitrogens with one attached hydrogen (secondary N) is 1. The number of carbonyl (C=O) groups excluding carboxylic acids is 1. The number of anilines is 1. The molecule has 8 nitrogen and oxygen atoms in total. The molecule has 0 saturated carbocycles. The number of aromatic nitrogens is 2. The van der Waals surface area contributed by atoms with Crippen molar-refractivity contribution in [2.45, 2.75) is 26.3 Å². The highest BCUT2D eigenvalue weighted by Crippen LogP contribution is 2.26. The van der Waals surface area contributed by atoms with E-state index in [1.165, 1.54) is 0 Å². The Morgan fingerprint density at radius 1 is 1.05 bits per heavy atom. The second kappa shape index (κ2) is 11.7. The van der Waals surface area contributed by atoms with Crippen LogP contribution in [0.1, 0.15) is 31.3 Å². The van der Waals surface area contributed by atoms with Gasteiger partial charge in [0.25, 0.3) is 5.56 Å². The first-order valence-electron chi connectivity index (χ1n) is 12.3. The van der Waals surface area contributed by atoms with Crippen molar-refractivity contribution in [1.29, 1.82) is 0 Å². The first-order valence-corrected chi connectivity index (χ1v) is 12.3. The van der Waals surface area contributed by atoms with Crippen LogP contribution in [-0.4, -0.2) is 47.9 Å². The van der Waals surface area contributed by atoms with Crippen LogP contribution in [0.25, 0.3) is 16.6 Å². The average molecular weight is 501 g/mol. The molecule has 1 unspecified atom stereocenters. The van der Waals surface area contributed by atoms with Crippen molar-refractivity contribution >= 4 is 22.6 Å². The number of amides is 2. The molecule has 0 aliphatic heterocycles. The molecule has 4 aromatic rings. The van der Waals surface area contributed by atoms with Gasteiger partial charge in [-0.25, -0.2) is 9.78 Å². The Hall–Kier alpha value is -4.17. The maximum absolute atomic E-state index is 13.9. The fourth-order valence-electron chi connectivity index (χ4n) is 4.39. The predicted octanol–water partition coefficient (Wildman–Crippen LogP) is 5.20. The van der Waals surface area contributed by atoms with Gasteiger partial charge in [0.15, 0.2) is 0 Å². The number of nitrogens with zero attached hydrogens (tertiary/aromatic N) is 3. The molecule has 0 spiro atoms. The smallest absolute Gasteiger partial charge is 0.322 e. The first-order chi connectivity index (χ1) is 18.0. The Morgan fingerprint density at radius 3 is 2.57 bits per heavy atom. The van der Waals surface area contributed by atoms with Crippen LogP contribution in [0.5, 0.6) is 5.75 Å². The van der Waals surface area contributed by atoms with Crippen LogP contribution < -0.4 is 15.6 Å². The summed E-state index contributed by atoms with van der Waals surface area (Å²) >= 11 is 0. The zero-order valence-electron chi connectivity index (χ0n) is 21.6. The fourth-order valence-corrected chi connectivity index (χ4v) is 4.39. The Kier molecular flexibility index (Phi) is 8.20. The van der Waals surface area contributed by atoms with Gasteiger partial charge in [-0.3, -0.25) is 9.36 Å². The summed E-state index contributed by atoms with van der Waals surface area (Å²) in [6, 6.07) is 21.3. The number of aryl methyl sites for hydroxylation is 1. The summed E-state index contributed by atoms with van der Waals surface area (Å²) in [5.41, 5.74) is 2.78. The highest BCUT2D eigenvalue weighted by Gasteiger charge is 2.27. The molecule has 8 heteroatoms. The van der Waals surface area contributed by atoms with Crippen LogP contribution in [0, 0.1) is 0 Å². The van der Waals surface area contributed by atoms with E-state index in [1.807, 2.05) is 68.4 Å². The lowest BCUT2D eigenvalue weighted by molar-refractivity contribution is 0.137. The lowest BCUT2D eigenvalue weighted by Crippen LogP contribution is -2.41. The Bertz CT molecular complexity index is 1450. The molecule has 4 rings (SSSR count). The lowest BCUT2D eigenvalue weighted by atomic mass is 10.1. The molecule has 1 N–H and O–H groups in total. The van der Waals surface area contributed by atoms with Gasteiger partial charge in [-0.2, -0.15) is 0 Å². The number of hydrogen-bond acceptors (Lipinski definition) is 5. The van der Waals surface area contributed by atoms with E-state index in [0.717, 1.165) is 17.7 Å². The summed E-state index contributed by atoms with van der Waals surface area (Å²) < 4.78 is 12.2. The van der Waals surface area contributed by atoms with Crippen molar-refractivity contribution < 1.29 is 14.3 Å². The van der Waals surface area contributed by atoms with E-state index in [2.05, 4.69) is 5.32 Å². The van der Waals surface area contributed by atoms with Crippen molar-refractivity contribution in [1.82, 2.24) is 14.5 Å². The van der Waals surface area contributed by atoms with Crippen LogP contribution in [-0.2, 0) is 11.2 Å². The average Bonchev–Trinajstić information content (AvgIpc) is 2.93. The minimum atomic E-state index is -0.553. The lowest BCUT2D eigenvalue weighted by Gasteiger charge is -2.31. The summed E-state index contributed by atoms with van der Waals surface area (Å²) in [7, 11) is 3.16. The Morgan fingerprint density at radius 2 is 1.81 bits per heavy atom. The molecular formula is C29H32N4O4. The summed E-state index contributed by atoms with van der Waals surface area (Å²) in [5.74, 6) is 1.11. The molecule has 192 valence electrons. The third-order valence-electron chi connectivity index (χ3n) is 6.37. The van der Waals surface area contributed by atoms with Gasteiger partial charge in [-0.15, -0.1) is 0 Å². The standard InChI is InChI=1S/C29H32N4O4/c1-5-21-11-6-9-16-26(21)33-27(31-25-15-8-7-14-24(25)28(33)34)20(2)32(17-18-36-3)29(35)30-22-12-10-13-23(19-22)37-4/h6-16,19-20H,5,17-18H2,1-4H3,(H,30,35). The maximum Gasteiger partial charge on any atom is 0.322 e. The van der Waals surface area contributed by atoms with Crippen molar-refractivity contribution in [2.75, 3.05) is 32.7 Å². The number of fused-ring (bicyclic) bond motifs is 1. The number of methoxy groups -OCH3 is 2.